The third-order valence-corrected chi connectivity index (χ3v) is 8.24. The summed E-state index contributed by atoms with van der Waals surface area (Å²) in [6.45, 7) is 2.94. The number of amides is 1. The van der Waals surface area contributed by atoms with Gasteiger partial charge in [-0.2, -0.15) is 5.10 Å². The highest BCUT2D eigenvalue weighted by atomic mass is 32.1. The Hall–Kier alpha value is -2.59. The molecule has 5 rings (SSSR count). The summed E-state index contributed by atoms with van der Waals surface area (Å²) in [5.74, 6) is -2.24. The zero-order valence-corrected chi connectivity index (χ0v) is 21.6. The number of carbonyl (C=O) groups excluding carboxylic acids is 1. The SMILES string of the molecule is Cn1cc2cccc(C(=O)NC3CCC(CCN4CCc5sc(OCC(C)(F)F)nc5C4)CC3)c2n1. The number of rotatable bonds is 8. The summed E-state index contributed by atoms with van der Waals surface area (Å²) >= 11 is 1.40. The average molecular weight is 518 g/mol. The lowest BCUT2D eigenvalue weighted by Crippen LogP contribution is -2.38. The molecular weight excluding hydrogens is 484 g/mol. The van der Waals surface area contributed by atoms with Crippen LogP contribution in [0.1, 0.15) is 60.0 Å². The molecule has 0 radical (unpaired) electrons. The molecule has 0 spiro atoms. The van der Waals surface area contributed by atoms with Crippen molar-refractivity contribution >= 4 is 28.1 Å². The number of nitrogens with zero attached hydrogens (tertiary/aromatic N) is 4. The van der Waals surface area contributed by atoms with Crippen molar-refractivity contribution in [3.8, 4) is 5.19 Å². The second kappa shape index (κ2) is 10.4. The van der Waals surface area contributed by atoms with E-state index >= 15 is 0 Å². The summed E-state index contributed by atoms with van der Waals surface area (Å²) in [5, 5.41) is 9.01. The summed E-state index contributed by atoms with van der Waals surface area (Å²) in [6.07, 6.45) is 8.14. The number of carbonyl (C=O) groups is 1. The second-order valence-corrected chi connectivity index (χ2v) is 11.3. The number of aryl methyl sites for hydroxylation is 1. The maximum atomic E-state index is 13.1. The van der Waals surface area contributed by atoms with Crippen LogP contribution < -0.4 is 10.1 Å². The Morgan fingerprint density at radius 1 is 1.28 bits per heavy atom. The number of hydrogen-bond donors (Lipinski definition) is 1. The number of hydrogen-bond acceptors (Lipinski definition) is 6. The summed E-state index contributed by atoms with van der Waals surface area (Å²) in [7, 11) is 1.87. The van der Waals surface area contributed by atoms with Gasteiger partial charge in [0.25, 0.3) is 17.0 Å². The van der Waals surface area contributed by atoms with Gasteiger partial charge in [0.15, 0.2) is 6.61 Å². The molecule has 0 bridgehead atoms. The summed E-state index contributed by atoms with van der Waals surface area (Å²) < 4.78 is 33.1. The molecule has 1 aliphatic carbocycles. The van der Waals surface area contributed by atoms with Gasteiger partial charge in [-0.05, 0) is 57.1 Å². The minimum absolute atomic E-state index is 0.0406. The van der Waals surface area contributed by atoms with Crippen LogP contribution >= 0.6 is 11.3 Å². The molecule has 1 fully saturated rings. The molecule has 0 atom stereocenters. The number of ether oxygens (including phenoxy) is 1. The fourth-order valence-corrected chi connectivity index (χ4v) is 6.15. The molecular formula is C26H33F2N5O2S. The Balaban J connectivity index is 1.06. The van der Waals surface area contributed by atoms with E-state index in [0.717, 1.165) is 86.6 Å². The van der Waals surface area contributed by atoms with Crippen LogP contribution in [0, 0.1) is 5.92 Å². The van der Waals surface area contributed by atoms with Crippen LogP contribution in [0.3, 0.4) is 0 Å². The molecule has 194 valence electrons. The molecule has 3 heterocycles. The Morgan fingerprint density at radius 3 is 2.86 bits per heavy atom. The first-order valence-corrected chi connectivity index (χ1v) is 13.5. The molecule has 7 nitrogen and oxygen atoms in total. The molecule has 1 aliphatic heterocycles. The van der Waals surface area contributed by atoms with Gasteiger partial charge in [0.1, 0.15) is 5.52 Å². The second-order valence-electron chi connectivity index (χ2n) is 10.3. The Labute approximate surface area is 213 Å². The predicted molar refractivity (Wildman–Crippen MR) is 136 cm³/mol. The van der Waals surface area contributed by atoms with E-state index in [-0.39, 0.29) is 11.9 Å². The van der Waals surface area contributed by atoms with Crippen LogP contribution in [-0.4, -0.2) is 57.2 Å². The topological polar surface area (TPSA) is 72.3 Å². The predicted octanol–water partition coefficient (Wildman–Crippen LogP) is 4.80. The summed E-state index contributed by atoms with van der Waals surface area (Å²) in [5.41, 5.74) is 2.35. The van der Waals surface area contributed by atoms with E-state index in [4.69, 9.17) is 4.74 Å². The fourth-order valence-electron chi connectivity index (χ4n) is 5.24. The fraction of sp³-hybridized carbons (Fsp3) is 0.577. The van der Waals surface area contributed by atoms with Gasteiger partial charge in [0.05, 0.1) is 11.3 Å². The van der Waals surface area contributed by atoms with Crippen molar-refractivity contribution in [1.29, 1.82) is 0 Å². The van der Waals surface area contributed by atoms with Crippen molar-refractivity contribution in [3.63, 3.8) is 0 Å². The van der Waals surface area contributed by atoms with E-state index in [0.29, 0.717) is 16.7 Å². The van der Waals surface area contributed by atoms with E-state index in [1.54, 1.807) is 4.68 Å². The number of thiazole rings is 1. The maximum Gasteiger partial charge on any atom is 0.278 e. The molecule has 2 aromatic heterocycles. The minimum Gasteiger partial charge on any atom is -0.464 e. The van der Waals surface area contributed by atoms with Gasteiger partial charge in [-0.15, -0.1) is 0 Å². The van der Waals surface area contributed by atoms with Gasteiger partial charge in [-0.3, -0.25) is 14.4 Å². The van der Waals surface area contributed by atoms with Crippen molar-refractivity contribution in [2.45, 2.75) is 64.0 Å². The first kappa shape index (κ1) is 25.1. The normalized spacial score (nSPS) is 20.9. The average Bonchev–Trinajstić information content (AvgIpc) is 3.43. The lowest BCUT2D eigenvalue weighted by molar-refractivity contribution is -0.0230. The van der Waals surface area contributed by atoms with Crippen molar-refractivity contribution in [2.24, 2.45) is 13.0 Å². The van der Waals surface area contributed by atoms with Gasteiger partial charge in [-0.1, -0.05) is 23.5 Å². The molecule has 10 heteroatoms. The number of benzene rings is 1. The quantitative estimate of drug-likeness (QED) is 0.465. The molecule has 1 saturated carbocycles. The molecule has 36 heavy (non-hydrogen) atoms. The highest BCUT2D eigenvalue weighted by molar-refractivity contribution is 7.13. The van der Waals surface area contributed by atoms with Crippen LogP contribution in [0.25, 0.3) is 10.9 Å². The molecule has 3 aromatic rings. The van der Waals surface area contributed by atoms with Gasteiger partial charge in [0.2, 0.25) is 0 Å². The maximum absolute atomic E-state index is 13.1. The van der Waals surface area contributed by atoms with Crippen LogP contribution in [0.4, 0.5) is 8.78 Å². The number of nitrogens with one attached hydrogen (secondary N) is 1. The van der Waals surface area contributed by atoms with E-state index in [2.05, 4.69) is 20.3 Å². The number of fused-ring (bicyclic) bond motifs is 2. The van der Waals surface area contributed by atoms with E-state index in [1.807, 2.05) is 31.4 Å². The van der Waals surface area contributed by atoms with Crippen molar-refractivity contribution in [1.82, 2.24) is 25.0 Å². The van der Waals surface area contributed by atoms with Crippen molar-refractivity contribution < 1.29 is 18.3 Å². The van der Waals surface area contributed by atoms with E-state index in [1.165, 1.54) is 11.3 Å². The van der Waals surface area contributed by atoms with E-state index < -0.39 is 12.5 Å². The van der Waals surface area contributed by atoms with Crippen LogP contribution in [-0.2, 0) is 20.0 Å². The zero-order valence-electron chi connectivity index (χ0n) is 20.8. The number of aromatic nitrogens is 3. The standard InChI is InChI=1S/C26H33F2N5O2S/c1-26(27,28)16-35-25-30-21-15-33(13-11-22(21)36-25)12-10-17-6-8-19(9-7-17)29-24(34)20-5-3-4-18-14-32(2)31-23(18)20/h3-5,14,17,19H,6-13,15-16H2,1-2H3,(H,29,34). The third kappa shape index (κ3) is 6.03. The zero-order chi connectivity index (χ0) is 25.3. The Kier molecular flexibility index (Phi) is 7.25. The largest absolute Gasteiger partial charge is 0.464 e. The molecule has 0 unspecified atom stereocenters. The molecule has 1 amide bonds. The Bertz CT molecular complexity index is 1210. The van der Waals surface area contributed by atoms with Crippen LogP contribution in [0.15, 0.2) is 24.4 Å². The first-order valence-electron chi connectivity index (χ1n) is 12.7. The Morgan fingerprint density at radius 2 is 2.08 bits per heavy atom. The van der Waals surface area contributed by atoms with Crippen molar-refractivity contribution in [3.05, 3.63) is 40.5 Å². The lowest BCUT2D eigenvalue weighted by atomic mass is 9.84. The van der Waals surface area contributed by atoms with Crippen LogP contribution in [0.5, 0.6) is 5.19 Å². The van der Waals surface area contributed by atoms with Gasteiger partial charge in [-0.25, -0.2) is 13.8 Å². The molecule has 1 aromatic carbocycles. The first-order chi connectivity index (χ1) is 17.2. The van der Waals surface area contributed by atoms with Crippen LogP contribution in [0.2, 0.25) is 0 Å². The minimum atomic E-state index is -2.85. The van der Waals surface area contributed by atoms with Gasteiger partial charge in [0, 0.05) is 49.6 Å². The van der Waals surface area contributed by atoms with Crippen molar-refractivity contribution in [2.75, 3.05) is 19.7 Å². The molecule has 1 N–H and O–H groups in total. The number of halogens is 2. The highest BCUT2D eigenvalue weighted by Crippen LogP contribution is 2.32. The number of alkyl halides is 2. The monoisotopic (exact) mass is 517 g/mol. The van der Waals surface area contributed by atoms with Gasteiger partial charge < -0.3 is 10.1 Å². The third-order valence-electron chi connectivity index (χ3n) is 7.17. The highest BCUT2D eigenvalue weighted by Gasteiger charge is 2.27. The lowest BCUT2D eigenvalue weighted by Gasteiger charge is -2.32. The smallest absolute Gasteiger partial charge is 0.278 e. The van der Waals surface area contributed by atoms with E-state index in [9.17, 15) is 13.6 Å². The molecule has 2 aliphatic rings. The van der Waals surface area contributed by atoms with Gasteiger partial charge >= 0.3 is 0 Å². The molecule has 0 saturated heterocycles. The summed E-state index contributed by atoms with van der Waals surface area (Å²) in [4.78, 5) is 20.9. The summed E-state index contributed by atoms with van der Waals surface area (Å²) in [6, 6.07) is 5.93.